The van der Waals surface area contributed by atoms with Crippen LogP contribution >= 0.6 is 15.9 Å². The first-order chi connectivity index (χ1) is 9.79. The fourth-order valence-electron chi connectivity index (χ4n) is 1.72. The lowest BCUT2D eigenvalue weighted by Gasteiger charge is -2.10. The van der Waals surface area contributed by atoms with E-state index in [4.69, 9.17) is 5.73 Å². The van der Waals surface area contributed by atoms with Crippen molar-refractivity contribution in [2.75, 3.05) is 10.5 Å². The Morgan fingerprint density at radius 2 is 1.76 bits per heavy atom. The molecule has 0 heterocycles. The van der Waals surface area contributed by atoms with E-state index in [1.807, 2.05) is 0 Å². The van der Waals surface area contributed by atoms with Gasteiger partial charge in [-0.25, -0.2) is 8.42 Å². The van der Waals surface area contributed by atoms with Gasteiger partial charge in [0.05, 0.1) is 0 Å². The summed E-state index contributed by atoms with van der Waals surface area (Å²) in [6.07, 6.45) is 0. The van der Waals surface area contributed by atoms with Gasteiger partial charge in [-0.15, -0.1) is 0 Å². The van der Waals surface area contributed by atoms with Crippen molar-refractivity contribution in [1.29, 1.82) is 0 Å². The lowest BCUT2D eigenvalue weighted by Crippen LogP contribution is -2.13. The number of Topliss-reactive ketones (excluding diaryl/α,β-unsaturated/α-hetero) is 1. The van der Waals surface area contributed by atoms with Gasteiger partial charge in [0.15, 0.2) is 5.78 Å². The van der Waals surface area contributed by atoms with Crippen molar-refractivity contribution in [1.82, 2.24) is 0 Å². The zero-order chi connectivity index (χ0) is 15.6. The van der Waals surface area contributed by atoms with Crippen LogP contribution in [0.1, 0.15) is 17.3 Å². The molecule has 0 amide bonds. The summed E-state index contributed by atoms with van der Waals surface area (Å²) >= 11 is 3.18. The number of hydrogen-bond donors (Lipinski definition) is 2. The molecule has 2 rings (SSSR count). The highest BCUT2D eigenvalue weighted by Gasteiger charge is 2.17. The number of benzene rings is 2. The number of rotatable bonds is 4. The fourth-order valence-corrected chi connectivity index (χ4v) is 3.87. The number of nitrogens with one attached hydrogen (secondary N) is 1. The van der Waals surface area contributed by atoms with E-state index in [1.54, 1.807) is 24.3 Å². The highest BCUT2D eigenvalue weighted by molar-refractivity contribution is 9.10. The Balaban J connectivity index is 2.30. The van der Waals surface area contributed by atoms with Crippen molar-refractivity contribution in [2.24, 2.45) is 0 Å². The first-order valence-corrected chi connectivity index (χ1v) is 8.26. The normalized spacial score (nSPS) is 11.1. The van der Waals surface area contributed by atoms with Crippen molar-refractivity contribution < 1.29 is 13.2 Å². The van der Waals surface area contributed by atoms with Crippen LogP contribution in [0.15, 0.2) is 51.8 Å². The van der Waals surface area contributed by atoms with Crippen molar-refractivity contribution in [3.8, 4) is 0 Å². The van der Waals surface area contributed by atoms with Crippen molar-refractivity contribution in [3.63, 3.8) is 0 Å². The lowest BCUT2D eigenvalue weighted by molar-refractivity contribution is 0.101. The predicted molar refractivity (Wildman–Crippen MR) is 85.8 cm³/mol. The van der Waals surface area contributed by atoms with Crippen LogP contribution in [0, 0.1) is 0 Å². The van der Waals surface area contributed by atoms with E-state index in [-0.39, 0.29) is 10.7 Å². The van der Waals surface area contributed by atoms with E-state index in [9.17, 15) is 13.2 Å². The number of hydrogen-bond acceptors (Lipinski definition) is 4. The Morgan fingerprint density at radius 1 is 1.14 bits per heavy atom. The van der Waals surface area contributed by atoms with Crippen LogP contribution in [0.5, 0.6) is 0 Å². The Hall–Kier alpha value is -1.86. The van der Waals surface area contributed by atoms with Crippen LogP contribution in [0.2, 0.25) is 0 Å². The van der Waals surface area contributed by atoms with Crippen LogP contribution in [0.3, 0.4) is 0 Å². The van der Waals surface area contributed by atoms with Crippen LogP contribution in [0.25, 0.3) is 0 Å². The molecule has 0 aromatic heterocycles. The Bertz CT molecular complexity index is 786. The summed E-state index contributed by atoms with van der Waals surface area (Å²) in [6.45, 7) is 1.45. The fraction of sp³-hybridized carbons (Fsp3) is 0.0714. The molecule has 0 atom stereocenters. The summed E-state index contributed by atoms with van der Waals surface area (Å²) in [5, 5.41) is 0. The average Bonchev–Trinajstić information content (AvgIpc) is 2.38. The number of carbonyl (C=O) groups is 1. The molecule has 0 bridgehead atoms. The van der Waals surface area contributed by atoms with Crippen LogP contribution in [0.4, 0.5) is 11.4 Å². The van der Waals surface area contributed by atoms with Crippen molar-refractivity contribution in [2.45, 2.75) is 11.8 Å². The number of anilines is 2. The summed E-state index contributed by atoms with van der Waals surface area (Å²) in [7, 11) is -3.73. The zero-order valence-electron chi connectivity index (χ0n) is 11.1. The van der Waals surface area contributed by atoms with Crippen molar-refractivity contribution >= 4 is 43.1 Å². The molecule has 0 saturated carbocycles. The van der Waals surface area contributed by atoms with E-state index in [1.165, 1.54) is 25.1 Å². The maximum Gasteiger partial charge on any atom is 0.263 e. The Kier molecular flexibility index (Phi) is 4.34. The van der Waals surface area contributed by atoms with E-state index in [0.717, 1.165) is 0 Å². The SMILES string of the molecule is CC(=O)c1ccc(NS(=O)(=O)c2ccc(N)cc2Br)cc1. The highest BCUT2D eigenvalue weighted by Crippen LogP contribution is 2.26. The number of halogens is 1. The van der Waals surface area contributed by atoms with Gasteiger partial charge in [-0.05, 0) is 65.3 Å². The third-order valence-electron chi connectivity index (χ3n) is 2.79. The summed E-state index contributed by atoms with van der Waals surface area (Å²) < 4.78 is 27.4. The summed E-state index contributed by atoms with van der Waals surface area (Å²) in [6, 6.07) is 10.7. The maximum absolute atomic E-state index is 12.3. The molecule has 3 N–H and O–H groups in total. The molecule has 2 aromatic carbocycles. The second kappa shape index (κ2) is 5.87. The minimum Gasteiger partial charge on any atom is -0.399 e. The molecule has 110 valence electrons. The smallest absolute Gasteiger partial charge is 0.263 e. The van der Waals surface area contributed by atoms with Gasteiger partial charge in [0.1, 0.15) is 4.90 Å². The average molecular weight is 369 g/mol. The van der Waals surface area contributed by atoms with Gasteiger partial charge in [-0.3, -0.25) is 9.52 Å². The van der Waals surface area contributed by atoms with E-state index < -0.39 is 10.0 Å². The topological polar surface area (TPSA) is 89.3 Å². The molecule has 0 fully saturated rings. The van der Waals surface area contributed by atoms with Gasteiger partial charge in [0.2, 0.25) is 0 Å². The molecule has 0 aliphatic carbocycles. The molecular formula is C14H13BrN2O3S. The molecule has 5 nitrogen and oxygen atoms in total. The molecule has 0 aliphatic rings. The summed E-state index contributed by atoms with van der Waals surface area (Å²) in [5.74, 6) is -0.0781. The molecule has 7 heteroatoms. The van der Waals surface area contributed by atoms with Gasteiger partial charge < -0.3 is 5.73 Å². The van der Waals surface area contributed by atoms with Gasteiger partial charge in [0, 0.05) is 21.4 Å². The minimum atomic E-state index is -3.73. The number of sulfonamides is 1. The monoisotopic (exact) mass is 368 g/mol. The van der Waals surface area contributed by atoms with Crippen molar-refractivity contribution in [3.05, 3.63) is 52.5 Å². The molecule has 0 spiro atoms. The Morgan fingerprint density at radius 3 is 2.29 bits per heavy atom. The molecule has 0 unspecified atom stereocenters. The number of ketones is 1. The first kappa shape index (κ1) is 15.5. The van der Waals surface area contributed by atoms with Gasteiger partial charge >= 0.3 is 0 Å². The first-order valence-electron chi connectivity index (χ1n) is 5.98. The van der Waals surface area contributed by atoms with E-state index in [2.05, 4.69) is 20.7 Å². The molecule has 2 aromatic rings. The Labute approximate surface area is 131 Å². The molecular weight excluding hydrogens is 356 g/mol. The third-order valence-corrected chi connectivity index (χ3v) is 5.15. The number of carbonyl (C=O) groups excluding carboxylic acids is 1. The van der Waals surface area contributed by atoms with E-state index in [0.29, 0.717) is 21.4 Å². The molecule has 0 aliphatic heterocycles. The second-order valence-electron chi connectivity index (χ2n) is 4.43. The quantitative estimate of drug-likeness (QED) is 0.640. The van der Waals surface area contributed by atoms with Crippen LogP contribution in [-0.4, -0.2) is 14.2 Å². The van der Waals surface area contributed by atoms with Gasteiger partial charge in [-0.1, -0.05) is 0 Å². The minimum absolute atomic E-state index is 0.0781. The number of nitrogens with two attached hydrogens (primary N) is 1. The zero-order valence-corrected chi connectivity index (χ0v) is 13.5. The lowest BCUT2D eigenvalue weighted by atomic mass is 10.1. The highest BCUT2D eigenvalue weighted by atomic mass is 79.9. The van der Waals surface area contributed by atoms with Gasteiger partial charge in [0.25, 0.3) is 10.0 Å². The molecule has 0 saturated heterocycles. The standard InChI is InChI=1S/C14H13BrN2O3S/c1-9(18)10-2-5-12(6-3-10)17-21(19,20)14-7-4-11(16)8-13(14)15/h2-8,17H,16H2,1H3. The molecule has 0 radical (unpaired) electrons. The maximum atomic E-state index is 12.3. The predicted octanol–water partition coefficient (Wildman–Crippen LogP) is 3.03. The largest absolute Gasteiger partial charge is 0.399 e. The van der Waals surface area contributed by atoms with Gasteiger partial charge in [-0.2, -0.15) is 0 Å². The van der Waals surface area contributed by atoms with E-state index >= 15 is 0 Å². The number of nitrogen functional groups attached to an aromatic ring is 1. The third kappa shape index (κ3) is 3.62. The van der Waals surface area contributed by atoms with Crippen LogP contribution in [-0.2, 0) is 10.0 Å². The summed E-state index contributed by atoms with van der Waals surface area (Å²) in [4.78, 5) is 11.3. The molecule has 21 heavy (non-hydrogen) atoms. The van der Waals surface area contributed by atoms with Crippen LogP contribution < -0.4 is 10.5 Å². The second-order valence-corrected chi connectivity index (χ2v) is 6.93. The summed E-state index contributed by atoms with van der Waals surface area (Å²) in [5.41, 5.74) is 6.95.